The van der Waals surface area contributed by atoms with Crippen molar-refractivity contribution in [3.8, 4) is 10.9 Å². The molecule has 0 bridgehead atoms. The van der Waals surface area contributed by atoms with Gasteiger partial charge in [-0.15, -0.1) is 4.91 Å². The zero-order valence-electron chi connectivity index (χ0n) is 18.6. The molecule has 0 atom stereocenters. The van der Waals surface area contributed by atoms with Crippen LogP contribution in [-0.4, -0.2) is 27.8 Å². The zero-order chi connectivity index (χ0) is 23.3. The van der Waals surface area contributed by atoms with E-state index < -0.39 is 17.1 Å². The molecule has 2 heterocycles. The van der Waals surface area contributed by atoms with Crippen molar-refractivity contribution < 1.29 is 19.1 Å². The third kappa shape index (κ3) is 3.84. The van der Waals surface area contributed by atoms with Gasteiger partial charge in [0.25, 0.3) is 5.19 Å². The molecule has 4 rings (SSSR count). The number of rotatable bonds is 5. The first-order valence-electron chi connectivity index (χ1n) is 10.4. The molecule has 0 radical (unpaired) electrons. The first-order valence-corrected chi connectivity index (χ1v) is 11.2. The summed E-state index contributed by atoms with van der Waals surface area (Å²) in [6.45, 7) is 8.78. The molecule has 8 heteroatoms. The predicted octanol–water partition coefficient (Wildman–Crippen LogP) is 5.86. The lowest BCUT2D eigenvalue weighted by atomic mass is 9.73. The maximum atomic E-state index is 13.2. The van der Waals surface area contributed by atoms with Gasteiger partial charge < -0.3 is 9.47 Å². The molecule has 1 fully saturated rings. The molecule has 0 amide bonds. The fourth-order valence-electron chi connectivity index (χ4n) is 4.16. The molecule has 2 aromatic carbocycles. The maximum Gasteiger partial charge on any atom is 0.279 e. The van der Waals surface area contributed by atoms with Gasteiger partial charge in [-0.05, 0) is 80.8 Å². The second-order valence-corrected chi connectivity index (χ2v) is 9.82. The van der Waals surface area contributed by atoms with Crippen LogP contribution in [0.25, 0.3) is 10.2 Å². The van der Waals surface area contributed by atoms with E-state index in [9.17, 15) is 14.5 Å². The Morgan fingerprint density at radius 3 is 2.38 bits per heavy atom. The molecule has 7 nitrogen and oxygen atoms in total. The summed E-state index contributed by atoms with van der Waals surface area (Å²) in [4.78, 5) is 41.7. The number of aromatic nitrogens is 1. The summed E-state index contributed by atoms with van der Waals surface area (Å²) in [6.07, 6.45) is 0.664. The fraction of sp³-hybridized carbons (Fsp3) is 0.375. The summed E-state index contributed by atoms with van der Waals surface area (Å²) >= 11 is 1.29. The van der Waals surface area contributed by atoms with Crippen LogP contribution in [0, 0.1) is 4.91 Å². The van der Waals surface area contributed by atoms with E-state index in [4.69, 9.17) is 9.47 Å². The first kappa shape index (κ1) is 22.2. The molecule has 0 spiro atoms. The van der Waals surface area contributed by atoms with Gasteiger partial charge in [0.15, 0.2) is 11.6 Å². The monoisotopic (exact) mass is 452 g/mol. The van der Waals surface area contributed by atoms with E-state index in [1.165, 1.54) is 11.3 Å². The Kier molecular flexibility index (Phi) is 5.46. The lowest BCUT2D eigenvalue weighted by Crippen LogP contribution is -2.58. The van der Waals surface area contributed by atoms with Gasteiger partial charge in [-0.1, -0.05) is 24.3 Å². The van der Waals surface area contributed by atoms with Crippen molar-refractivity contribution in [1.29, 1.82) is 0 Å². The second-order valence-electron chi connectivity index (χ2n) is 8.82. The number of carbonyl (C=O) groups excluding carboxylic acids is 2. The van der Waals surface area contributed by atoms with Crippen molar-refractivity contribution in [2.75, 3.05) is 0 Å². The van der Waals surface area contributed by atoms with Crippen LogP contribution < -0.4 is 4.74 Å². The van der Waals surface area contributed by atoms with Gasteiger partial charge in [-0.25, -0.2) is 4.98 Å². The zero-order valence-corrected chi connectivity index (χ0v) is 19.4. The molecule has 0 aliphatic carbocycles. The topological polar surface area (TPSA) is 94.9 Å². The van der Waals surface area contributed by atoms with E-state index in [0.29, 0.717) is 34.1 Å². The number of Topliss-reactive ketones (excluding diaryl/α,β-unsaturated/α-hetero) is 2. The molecule has 32 heavy (non-hydrogen) atoms. The Morgan fingerprint density at radius 2 is 1.75 bits per heavy atom. The standard InChI is InChI=1S/C24H24N2O5S/c1-6-13-7-9-15(30-22-25-17-10-8-14(26-29)11-18(17)32-22)12-16(13)19-20(27)23(2,3)31-24(4,5)21(19)28/h7-12,19H,6H2,1-5H3. The lowest BCUT2D eigenvalue weighted by molar-refractivity contribution is -0.184. The highest BCUT2D eigenvalue weighted by molar-refractivity contribution is 7.20. The highest BCUT2D eigenvalue weighted by Crippen LogP contribution is 2.41. The number of carbonyl (C=O) groups is 2. The van der Waals surface area contributed by atoms with Crippen molar-refractivity contribution >= 4 is 38.8 Å². The van der Waals surface area contributed by atoms with E-state index in [1.807, 2.05) is 13.0 Å². The minimum Gasteiger partial charge on any atom is -0.431 e. The average Bonchev–Trinajstić information content (AvgIpc) is 3.13. The van der Waals surface area contributed by atoms with Crippen LogP contribution in [-0.2, 0) is 20.7 Å². The number of thiazole rings is 1. The van der Waals surface area contributed by atoms with E-state index in [0.717, 1.165) is 10.3 Å². The number of ether oxygens (including phenoxy) is 2. The summed E-state index contributed by atoms with van der Waals surface area (Å²) in [7, 11) is 0. The normalized spacial score (nSPS) is 18.2. The Bertz CT molecular complexity index is 1220. The third-order valence-corrected chi connectivity index (χ3v) is 6.59. The van der Waals surface area contributed by atoms with Gasteiger partial charge >= 0.3 is 0 Å². The van der Waals surface area contributed by atoms with Crippen LogP contribution >= 0.6 is 11.3 Å². The van der Waals surface area contributed by atoms with Crippen molar-refractivity contribution in [2.24, 2.45) is 5.18 Å². The van der Waals surface area contributed by atoms with E-state index in [-0.39, 0.29) is 11.6 Å². The Balaban J connectivity index is 1.74. The van der Waals surface area contributed by atoms with Crippen molar-refractivity contribution in [1.82, 2.24) is 4.98 Å². The Labute approximate surface area is 189 Å². The van der Waals surface area contributed by atoms with Crippen LogP contribution in [0.2, 0.25) is 0 Å². The van der Waals surface area contributed by atoms with Crippen LogP contribution in [0.3, 0.4) is 0 Å². The third-order valence-electron chi connectivity index (χ3n) is 5.69. The van der Waals surface area contributed by atoms with Gasteiger partial charge in [0.2, 0.25) is 0 Å². The summed E-state index contributed by atoms with van der Waals surface area (Å²) in [5.41, 5.74) is 0.398. The quantitative estimate of drug-likeness (QED) is 0.355. The second kappa shape index (κ2) is 7.86. The van der Waals surface area contributed by atoms with Gasteiger partial charge in [-0.2, -0.15) is 0 Å². The van der Waals surface area contributed by atoms with Crippen LogP contribution in [0.5, 0.6) is 10.9 Å². The summed E-state index contributed by atoms with van der Waals surface area (Å²) in [5.74, 6) is -0.971. The van der Waals surface area contributed by atoms with Gasteiger partial charge in [0.1, 0.15) is 28.6 Å². The number of ketones is 2. The fourth-order valence-corrected chi connectivity index (χ4v) is 5.02. The highest BCUT2D eigenvalue weighted by Gasteiger charge is 2.53. The Hall–Kier alpha value is -2.97. The summed E-state index contributed by atoms with van der Waals surface area (Å²) < 4.78 is 12.6. The number of benzene rings is 2. The predicted molar refractivity (Wildman–Crippen MR) is 123 cm³/mol. The molecule has 0 N–H and O–H groups in total. The number of fused-ring (bicyclic) bond motifs is 1. The largest absolute Gasteiger partial charge is 0.431 e. The summed E-state index contributed by atoms with van der Waals surface area (Å²) in [5, 5.41) is 3.34. The highest BCUT2D eigenvalue weighted by atomic mass is 32.1. The van der Waals surface area contributed by atoms with E-state index in [2.05, 4.69) is 10.2 Å². The number of nitrogens with zero attached hydrogens (tertiary/aromatic N) is 2. The number of hydrogen-bond acceptors (Lipinski definition) is 8. The smallest absolute Gasteiger partial charge is 0.279 e. The van der Waals surface area contributed by atoms with E-state index >= 15 is 0 Å². The molecule has 166 valence electrons. The average molecular weight is 453 g/mol. The van der Waals surface area contributed by atoms with Gasteiger partial charge in [0.05, 0.1) is 10.2 Å². The molecule has 1 aromatic heterocycles. The number of aryl methyl sites for hydroxylation is 1. The molecular weight excluding hydrogens is 428 g/mol. The van der Waals surface area contributed by atoms with Crippen LogP contribution in [0.4, 0.5) is 5.69 Å². The molecule has 0 saturated carbocycles. The minimum atomic E-state index is -1.08. The molecule has 3 aromatic rings. The molecule has 1 aliphatic heterocycles. The van der Waals surface area contributed by atoms with Crippen LogP contribution in [0.15, 0.2) is 41.6 Å². The Morgan fingerprint density at radius 1 is 1.06 bits per heavy atom. The molecule has 1 aliphatic rings. The van der Waals surface area contributed by atoms with Gasteiger partial charge in [-0.3, -0.25) is 9.59 Å². The van der Waals surface area contributed by atoms with Crippen molar-refractivity contribution in [3.63, 3.8) is 0 Å². The van der Waals surface area contributed by atoms with Crippen molar-refractivity contribution in [2.45, 2.75) is 58.2 Å². The van der Waals surface area contributed by atoms with E-state index in [1.54, 1.807) is 58.0 Å². The summed E-state index contributed by atoms with van der Waals surface area (Å²) in [6, 6.07) is 10.4. The van der Waals surface area contributed by atoms with Crippen molar-refractivity contribution in [3.05, 3.63) is 52.4 Å². The number of hydrogen-bond donors (Lipinski definition) is 0. The lowest BCUT2D eigenvalue weighted by Gasteiger charge is -2.43. The molecule has 0 unspecified atom stereocenters. The SMILES string of the molecule is CCc1ccc(Oc2nc3ccc(N=O)cc3s2)cc1C1C(=O)C(C)(C)OC(C)(C)C1=O. The first-order chi connectivity index (χ1) is 15.1. The number of nitroso groups, excluding NO2 is 1. The van der Waals surface area contributed by atoms with Gasteiger partial charge in [0, 0.05) is 0 Å². The molecule has 1 saturated heterocycles. The van der Waals surface area contributed by atoms with Crippen LogP contribution in [0.1, 0.15) is 51.7 Å². The maximum absolute atomic E-state index is 13.2. The minimum absolute atomic E-state index is 0.262. The molecular formula is C24H24N2O5S.